The Balaban J connectivity index is 2.01. The van der Waals surface area contributed by atoms with E-state index in [1.165, 1.54) is 7.11 Å². The van der Waals surface area contributed by atoms with Crippen molar-refractivity contribution in [1.82, 2.24) is 5.32 Å². The van der Waals surface area contributed by atoms with E-state index in [0.29, 0.717) is 17.9 Å². The summed E-state index contributed by atoms with van der Waals surface area (Å²) in [5.41, 5.74) is 2.60. The number of carbonyl (C=O) groups is 1. The van der Waals surface area contributed by atoms with Gasteiger partial charge in [0, 0.05) is 12.1 Å². The molecule has 2 aromatic rings. The molecule has 4 heteroatoms. The molecule has 0 aliphatic heterocycles. The third-order valence-electron chi connectivity index (χ3n) is 3.01. The van der Waals surface area contributed by atoms with Crippen LogP contribution in [-0.4, -0.2) is 18.1 Å². The van der Waals surface area contributed by atoms with Crippen LogP contribution < -0.4 is 10.1 Å². The van der Waals surface area contributed by atoms with Crippen molar-refractivity contribution in [3.05, 3.63) is 59.2 Å². The molecule has 0 spiro atoms. The molecule has 0 bridgehead atoms. The second-order valence-corrected chi connectivity index (χ2v) is 4.55. The lowest BCUT2D eigenvalue weighted by Gasteiger charge is -2.08. The Hall–Kier alpha value is -2.49. The van der Waals surface area contributed by atoms with Crippen molar-refractivity contribution in [2.45, 2.75) is 13.5 Å². The first-order valence-corrected chi connectivity index (χ1v) is 6.31. The minimum absolute atomic E-state index is 0.0844. The first-order chi connectivity index (χ1) is 9.60. The monoisotopic (exact) mass is 271 g/mol. The molecule has 0 saturated carbocycles. The van der Waals surface area contributed by atoms with Gasteiger partial charge in [0.05, 0.1) is 7.11 Å². The second-order valence-electron chi connectivity index (χ2n) is 4.55. The number of hydrogen-bond donors (Lipinski definition) is 2. The molecular weight excluding hydrogens is 254 g/mol. The van der Waals surface area contributed by atoms with Crippen LogP contribution in [0.2, 0.25) is 0 Å². The van der Waals surface area contributed by atoms with E-state index >= 15 is 0 Å². The number of amides is 1. The van der Waals surface area contributed by atoms with Gasteiger partial charge < -0.3 is 15.2 Å². The molecule has 2 rings (SSSR count). The fourth-order valence-corrected chi connectivity index (χ4v) is 1.82. The van der Waals surface area contributed by atoms with Crippen LogP contribution in [0.3, 0.4) is 0 Å². The maximum Gasteiger partial charge on any atom is 0.251 e. The first-order valence-electron chi connectivity index (χ1n) is 6.31. The van der Waals surface area contributed by atoms with Gasteiger partial charge in [-0.15, -0.1) is 0 Å². The summed E-state index contributed by atoms with van der Waals surface area (Å²) in [6, 6.07) is 12.4. The minimum Gasteiger partial charge on any atom is -0.504 e. The van der Waals surface area contributed by atoms with Crippen LogP contribution >= 0.6 is 0 Å². The molecule has 4 nitrogen and oxygen atoms in total. The third kappa shape index (κ3) is 3.29. The molecule has 104 valence electrons. The van der Waals surface area contributed by atoms with Gasteiger partial charge in [-0.05, 0) is 36.8 Å². The number of phenols is 1. The van der Waals surface area contributed by atoms with Crippen LogP contribution in [0, 0.1) is 6.92 Å². The molecule has 0 aliphatic rings. The Labute approximate surface area is 118 Å². The molecule has 0 aliphatic carbocycles. The summed E-state index contributed by atoms with van der Waals surface area (Å²) >= 11 is 0. The first kappa shape index (κ1) is 13.9. The highest BCUT2D eigenvalue weighted by Gasteiger charge is 2.06. The highest BCUT2D eigenvalue weighted by Crippen LogP contribution is 2.26. The Bertz CT molecular complexity index is 606. The van der Waals surface area contributed by atoms with Crippen LogP contribution in [0.5, 0.6) is 11.5 Å². The fraction of sp³-hybridized carbons (Fsp3) is 0.188. The van der Waals surface area contributed by atoms with Crippen LogP contribution in [0.4, 0.5) is 0 Å². The highest BCUT2D eigenvalue weighted by atomic mass is 16.5. The largest absolute Gasteiger partial charge is 0.504 e. The number of ether oxygens (including phenoxy) is 1. The Kier molecular flexibility index (Phi) is 4.25. The van der Waals surface area contributed by atoms with E-state index < -0.39 is 0 Å². The van der Waals surface area contributed by atoms with Crippen molar-refractivity contribution < 1.29 is 14.6 Å². The van der Waals surface area contributed by atoms with E-state index in [4.69, 9.17) is 4.74 Å². The maximum absolute atomic E-state index is 12.0. The van der Waals surface area contributed by atoms with Crippen LogP contribution in [0.25, 0.3) is 0 Å². The summed E-state index contributed by atoms with van der Waals surface area (Å²) in [4.78, 5) is 12.0. The lowest BCUT2D eigenvalue weighted by Crippen LogP contribution is -2.22. The molecule has 2 N–H and O–H groups in total. The Morgan fingerprint density at radius 1 is 1.20 bits per heavy atom. The topological polar surface area (TPSA) is 58.6 Å². The van der Waals surface area contributed by atoms with E-state index in [9.17, 15) is 9.90 Å². The Morgan fingerprint density at radius 2 is 1.90 bits per heavy atom. The van der Waals surface area contributed by atoms with E-state index in [-0.39, 0.29) is 11.7 Å². The molecule has 0 radical (unpaired) electrons. The van der Waals surface area contributed by atoms with E-state index in [2.05, 4.69) is 5.32 Å². The third-order valence-corrected chi connectivity index (χ3v) is 3.01. The summed E-state index contributed by atoms with van der Waals surface area (Å²) in [5, 5.41) is 12.3. The number of carbonyl (C=O) groups excluding carboxylic acids is 1. The smallest absolute Gasteiger partial charge is 0.251 e. The van der Waals surface area contributed by atoms with Gasteiger partial charge in [-0.2, -0.15) is 0 Å². The second kappa shape index (κ2) is 6.10. The summed E-state index contributed by atoms with van der Waals surface area (Å²) in [6.07, 6.45) is 0. The van der Waals surface area contributed by atoms with Gasteiger partial charge in [0.15, 0.2) is 11.5 Å². The number of benzene rings is 2. The van der Waals surface area contributed by atoms with Gasteiger partial charge in [-0.3, -0.25) is 4.79 Å². The predicted octanol–water partition coefficient (Wildman–Crippen LogP) is 2.64. The molecule has 0 atom stereocenters. The molecule has 0 fully saturated rings. The highest BCUT2D eigenvalue weighted by molar-refractivity contribution is 5.94. The quantitative estimate of drug-likeness (QED) is 0.898. The van der Waals surface area contributed by atoms with E-state index in [1.54, 1.807) is 30.3 Å². The van der Waals surface area contributed by atoms with Crippen molar-refractivity contribution in [2.75, 3.05) is 7.11 Å². The number of rotatable bonds is 4. The van der Waals surface area contributed by atoms with Gasteiger partial charge >= 0.3 is 0 Å². The molecule has 0 saturated heterocycles. The molecule has 0 aromatic heterocycles. The van der Waals surface area contributed by atoms with Crippen molar-refractivity contribution in [3.8, 4) is 11.5 Å². The molecule has 0 heterocycles. The van der Waals surface area contributed by atoms with E-state index in [1.807, 2.05) is 19.1 Å². The summed E-state index contributed by atoms with van der Waals surface area (Å²) in [6.45, 7) is 2.35. The van der Waals surface area contributed by atoms with Crippen LogP contribution in [0.15, 0.2) is 42.5 Å². The zero-order valence-corrected chi connectivity index (χ0v) is 11.5. The van der Waals surface area contributed by atoms with Crippen molar-refractivity contribution >= 4 is 5.91 Å². The van der Waals surface area contributed by atoms with Gasteiger partial charge in [0.25, 0.3) is 5.91 Å². The summed E-state index contributed by atoms with van der Waals surface area (Å²) in [5.74, 6) is 0.352. The number of hydrogen-bond acceptors (Lipinski definition) is 3. The van der Waals surface area contributed by atoms with Gasteiger partial charge in [0.1, 0.15) is 0 Å². The minimum atomic E-state index is -0.128. The predicted molar refractivity (Wildman–Crippen MR) is 77.0 cm³/mol. The van der Waals surface area contributed by atoms with E-state index in [0.717, 1.165) is 11.1 Å². The summed E-state index contributed by atoms with van der Waals surface area (Å²) < 4.78 is 5.03. The number of methoxy groups -OCH3 is 1. The zero-order chi connectivity index (χ0) is 14.5. The Morgan fingerprint density at radius 3 is 2.55 bits per heavy atom. The standard InChI is InChI=1S/C16H17NO3/c1-11-3-6-13(7-4-11)16(19)17-10-12-5-8-14(18)15(9-12)20-2/h3-9,18H,10H2,1-2H3,(H,17,19). The molecule has 20 heavy (non-hydrogen) atoms. The fourth-order valence-electron chi connectivity index (χ4n) is 1.82. The number of phenolic OH excluding ortho intramolecular Hbond substituents is 1. The summed E-state index contributed by atoms with van der Waals surface area (Å²) in [7, 11) is 1.49. The van der Waals surface area contributed by atoms with Crippen molar-refractivity contribution in [1.29, 1.82) is 0 Å². The van der Waals surface area contributed by atoms with Crippen LogP contribution in [0.1, 0.15) is 21.5 Å². The lowest BCUT2D eigenvalue weighted by molar-refractivity contribution is 0.0951. The number of nitrogens with one attached hydrogen (secondary N) is 1. The van der Waals surface area contributed by atoms with Crippen LogP contribution in [-0.2, 0) is 6.54 Å². The molecule has 0 unspecified atom stereocenters. The average Bonchev–Trinajstić information content (AvgIpc) is 2.46. The normalized spacial score (nSPS) is 10.1. The molecule has 1 amide bonds. The van der Waals surface area contributed by atoms with Gasteiger partial charge in [-0.25, -0.2) is 0 Å². The number of aryl methyl sites for hydroxylation is 1. The number of aromatic hydroxyl groups is 1. The maximum atomic E-state index is 12.0. The zero-order valence-electron chi connectivity index (χ0n) is 11.5. The lowest BCUT2D eigenvalue weighted by atomic mass is 10.1. The SMILES string of the molecule is COc1cc(CNC(=O)c2ccc(C)cc2)ccc1O. The average molecular weight is 271 g/mol. The van der Waals surface area contributed by atoms with Gasteiger partial charge in [0.2, 0.25) is 0 Å². The van der Waals surface area contributed by atoms with Crippen molar-refractivity contribution in [3.63, 3.8) is 0 Å². The molecule has 2 aromatic carbocycles. The van der Waals surface area contributed by atoms with Crippen molar-refractivity contribution in [2.24, 2.45) is 0 Å². The molecular formula is C16H17NO3. The van der Waals surface area contributed by atoms with Gasteiger partial charge in [-0.1, -0.05) is 23.8 Å².